The maximum Gasteiger partial charge on any atom is 0.153 e. The van der Waals surface area contributed by atoms with Crippen molar-refractivity contribution in [2.75, 3.05) is 0 Å². The predicted octanol–water partition coefficient (Wildman–Crippen LogP) is 3.15. The van der Waals surface area contributed by atoms with Gasteiger partial charge in [-0.3, -0.25) is 4.79 Å². The Hall–Kier alpha value is -1.57. The molecule has 80 valence electrons. The lowest BCUT2D eigenvalue weighted by Crippen LogP contribution is -2.11. The lowest BCUT2D eigenvalue weighted by Gasteiger charge is -2.14. The van der Waals surface area contributed by atoms with Crippen LogP contribution in [0.5, 0.6) is 5.75 Å². The summed E-state index contributed by atoms with van der Waals surface area (Å²) in [6.45, 7) is 7.58. The van der Waals surface area contributed by atoms with Crippen LogP contribution < -0.4 is 4.74 Å². The van der Waals surface area contributed by atoms with E-state index in [1.54, 1.807) is 12.1 Å². The zero-order valence-electron chi connectivity index (χ0n) is 9.19. The summed E-state index contributed by atoms with van der Waals surface area (Å²) in [6, 6.07) is 5.55. The highest BCUT2D eigenvalue weighted by Crippen LogP contribution is 2.20. The molecule has 2 nitrogen and oxygen atoms in total. The highest BCUT2D eigenvalue weighted by atomic mass is 16.5. The topological polar surface area (TPSA) is 26.3 Å². The fourth-order valence-corrected chi connectivity index (χ4v) is 1.34. The summed E-state index contributed by atoms with van der Waals surface area (Å²) < 4.78 is 5.66. The fraction of sp³-hybridized carbons (Fsp3) is 0.308. The van der Waals surface area contributed by atoms with Gasteiger partial charge >= 0.3 is 0 Å². The lowest BCUT2D eigenvalue weighted by molar-refractivity contribution is 0.111. The molecule has 0 saturated heterocycles. The Morgan fingerprint density at radius 3 is 2.87 bits per heavy atom. The van der Waals surface area contributed by atoms with Gasteiger partial charge in [0.25, 0.3) is 0 Å². The second-order valence-electron chi connectivity index (χ2n) is 3.61. The second kappa shape index (κ2) is 5.35. The van der Waals surface area contributed by atoms with Crippen molar-refractivity contribution in [3.05, 3.63) is 42.0 Å². The van der Waals surface area contributed by atoms with Crippen LogP contribution in [0.2, 0.25) is 0 Å². The summed E-state index contributed by atoms with van der Waals surface area (Å²) in [5.41, 5.74) is 1.68. The summed E-state index contributed by atoms with van der Waals surface area (Å²) in [6.07, 6.45) is 3.44. The molecule has 0 fully saturated rings. The molecule has 0 aromatic heterocycles. The van der Waals surface area contributed by atoms with Crippen molar-refractivity contribution in [1.82, 2.24) is 0 Å². The largest absolute Gasteiger partial charge is 0.490 e. The fourth-order valence-electron chi connectivity index (χ4n) is 1.34. The third-order valence-corrected chi connectivity index (χ3v) is 2.12. The summed E-state index contributed by atoms with van der Waals surface area (Å²) in [4.78, 5) is 10.8. The molecule has 0 aliphatic carbocycles. The van der Waals surface area contributed by atoms with Crippen LogP contribution in [0.3, 0.4) is 0 Å². The van der Waals surface area contributed by atoms with Crippen LogP contribution in [0.4, 0.5) is 0 Å². The van der Waals surface area contributed by atoms with Crippen LogP contribution in [0, 0.1) is 6.92 Å². The molecule has 0 heterocycles. The van der Waals surface area contributed by atoms with E-state index in [-0.39, 0.29) is 6.10 Å². The van der Waals surface area contributed by atoms with Gasteiger partial charge in [0, 0.05) is 6.42 Å². The molecule has 2 heteroatoms. The van der Waals surface area contributed by atoms with E-state index in [2.05, 4.69) is 6.58 Å². The maximum atomic E-state index is 10.8. The van der Waals surface area contributed by atoms with E-state index in [1.807, 2.05) is 26.0 Å². The van der Waals surface area contributed by atoms with Gasteiger partial charge in [0.2, 0.25) is 0 Å². The number of hydrogen-bond acceptors (Lipinski definition) is 2. The van der Waals surface area contributed by atoms with Crippen molar-refractivity contribution in [2.24, 2.45) is 0 Å². The molecular weight excluding hydrogens is 188 g/mol. The molecular formula is C13H16O2. The Morgan fingerprint density at radius 2 is 2.27 bits per heavy atom. The van der Waals surface area contributed by atoms with Gasteiger partial charge in [-0.15, -0.1) is 6.58 Å². The van der Waals surface area contributed by atoms with Gasteiger partial charge in [-0.25, -0.2) is 0 Å². The highest BCUT2D eigenvalue weighted by molar-refractivity contribution is 5.79. The van der Waals surface area contributed by atoms with Crippen LogP contribution >= 0.6 is 0 Å². The Balaban J connectivity index is 2.86. The number of carbonyl (C=O) groups is 1. The van der Waals surface area contributed by atoms with E-state index in [9.17, 15) is 4.79 Å². The molecule has 1 aromatic carbocycles. The van der Waals surface area contributed by atoms with E-state index in [0.717, 1.165) is 18.3 Å². The van der Waals surface area contributed by atoms with Gasteiger partial charge in [0.05, 0.1) is 11.7 Å². The predicted molar refractivity (Wildman–Crippen MR) is 61.5 cm³/mol. The first-order valence-electron chi connectivity index (χ1n) is 5.00. The maximum absolute atomic E-state index is 10.8. The van der Waals surface area contributed by atoms with Crippen molar-refractivity contribution < 1.29 is 9.53 Å². The third kappa shape index (κ3) is 3.24. The van der Waals surface area contributed by atoms with Crippen LogP contribution in [0.1, 0.15) is 29.3 Å². The molecule has 0 aliphatic rings. The van der Waals surface area contributed by atoms with Crippen molar-refractivity contribution in [2.45, 2.75) is 26.4 Å². The first kappa shape index (κ1) is 11.5. The number of aryl methyl sites for hydroxylation is 1. The van der Waals surface area contributed by atoms with Gasteiger partial charge in [-0.05, 0) is 31.5 Å². The van der Waals surface area contributed by atoms with Gasteiger partial charge in [0.1, 0.15) is 5.75 Å². The summed E-state index contributed by atoms with van der Waals surface area (Å²) >= 11 is 0. The Kier molecular flexibility index (Phi) is 4.10. The number of carbonyl (C=O) groups excluding carboxylic acids is 1. The molecule has 0 spiro atoms. The second-order valence-corrected chi connectivity index (χ2v) is 3.61. The minimum atomic E-state index is 0.0444. The average molecular weight is 204 g/mol. The van der Waals surface area contributed by atoms with Gasteiger partial charge < -0.3 is 4.74 Å². The molecule has 0 amide bonds. The number of benzene rings is 1. The Labute approximate surface area is 90.6 Å². The highest BCUT2D eigenvalue weighted by Gasteiger charge is 2.06. The molecule has 1 unspecified atom stereocenters. The van der Waals surface area contributed by atoms with Crippen LogP contribution in [-0.2, 0) is 0 Å². The van der Waals surface area contributed by atoms with E-state index >= 15 is 0 Å². The van der Waals surface area contributed by atoms with Gasteiger partial charge in [-0.1, -0.05) is 12.1 Å². The molecule has 15 heavy (non-hydrogen) atoms. The van der Waals surface area contributed by atoms with Gasteiger partial charge in [0.15, 0.2) is 6.29 Å². The summed E-state index contributed by atoms with van der Waals surface area (Å²) in [5.74, 6) is 0.652. The smallest absolute Gasteiger partial charge is 0.153 e. The minimum absolute atomic E-state index is 0.0444. The summed E-state index contributed by atoms with van der Waals surface area (Å²) in [5, 5.41) is 0. The van der Waals surface area contributed by atoms with E-state index in [0.29, 0.717) is 11.3 Å². The number of hydrogen-bond donors (Lipinski definition) is 0. The Bertz CT molecular complexity index is 356. The standard InChI is InChI=1S/C13H16O2/c1-4-5-11(3)15-13-8-10(2)6-7-12(13)9-14/h4,6-9,11H,1,5H2,2-3H3. The zero-order valence-corrected chi connectivity index (χ0v) is 9.19. The molecule has 0 N–H and O–H groups in total. The first-order valence-corrected chi connectivity index (χ1v) is 5.00. The van der Waals surface area contributed by atoms with E-state index < -0.39 is 0 Å². The third-order valence-electron chi connectivity index (χ3n) is 2.12. The molecule has 0 radical (unpaired) electrons. The molecule has 0 bridgehead atoms. The first-order chi connectivity index (χ1) is 7.17. The molecule has 0 saturated carbocycles. The Morgan fingerprint density at radius 1 is 1.53 bits per heavy atom. The van der Waals surface area contributed by atoms with Gasteiger partial charge in [-0.2, -0.15) is 0 Å². The van der Waals surface area contributed by atoms with E-state index in [4.69, 9.17) is 4.74 Å². The van der Waals surface area contributed by atoms with Crippen LogP contribution in [0.15, 0.2) is 30.9 Å². The number of ether oxygens (including phenoxy) is 1. The summed E-state index contributed by atoms with van der Waals surface area (Å²) in [7, 11) is 0. The SMILES string of the molecule is C=CCC(C)Oc1cc(C)ccc1C=O. The lowest BCUT2D eigenvalue weighted by atomic mass is 10.1. The average Bonchev–Trinajstić information content (AvgIpc) is 2.18. The van der Waals surface area contributed by atoms with Crippen molar-refractivity contribution in [1.29, 1.82) is 0 Å². The van der Waals surface area contributed by atoms with Crippen molar-refractivity contribution in [3.8, 4) is 5.75 Å². The van der Waals surface area contributed by atoms with Crippen molar-refractivity contribution in [3.63, 3.8) is 0 Å². The van der Waals surface area contributed by atoms with Crippen molar-refractivity contribution >= 4 is 6.29 Å². The number of aldehydes is 1. The van der Waals surface area contributed by atoms with Crippen LogP contribution in [0.25, 0.3) is 0 Å². The number of rotatable bonds is 5. The monoisotopic (exact) mass is 204 g/mol. The molecule has 1 rings (SSSR count). The normalized spacial score (nSPS) is 11.9. The van der Waals surface area contributed by atoms with E-state index in [1.165, 1.54) is 0 Å². The molecule has 0 aliphatic heterocycles. The minimum Gasteiger partial charge on any atom is -0.490 e. The quantitative estimate of drug-likeness (QED) is 0.544. The zero-order chi connectivity index (χ0) is 11.3. The van der Waals surface area contributed by atoms with Crippen LogP contribution in [-0.4, -0.2) is 12.4 Å². The molecule has 1 atom stereocenters. The molecule has 1 aromatic rings.